The number of nitrogens with zero attached hydrogens (tertiary/aromatic N) is 1. The Hall–Kier alpha value is -0.120. The normalized spacial score (nSPS) is 30.2. The van der Waals surface area contributed by atoms with Crippen LogP contribution in [0.2, 0.25) is 0 Å². The molecule has 3 heteroatoms. The number of nitrogens with one attached hydrogen (secondary N) is 2. The van der Waals surface area contributed by atoms with Crippen molar-refractivity contribution >= 4 is 0 Å². The minimum atomic E-state index is 0.443. The average Bonchev–Trinajstić information content (AvgIpc) is 2.95. The molecular weight excluding hydrogens is 222 g/mol. The van der Waals surface area contributed by atoms with Crippen LogP contribution < -0.4 is 10.6 Å². The molecule has 0 saturated carbocycles. The van der Waals surface area contributed by atoms with Crippen molar-refractivity contribution in [2.24, 2.45) is 17.3 Å². The van der Waals surface area contributed by atoms with Gasteiger partial charge in [0.15, 0.2) is 0 Å². The van der Waals surface area contributed by atoms with E-state index in [1.807, 2.05) is 0 Å². The minimum absolute atomic E-state index is 0.443. The van der Waals surface area contributed by atoms with E-state index < -0.39 is 0 Å². The molecule has 106 valence electrons. The van der Waals surface area contributed by atoms with Gasteiger partial charge in [0, 0.05) is 13.1 Å². The van der Waals surface area contributed by atoms with E-state index in [9.17, 15) is 0 Å². The Morgan fingerprint density at radius 1 is 1.33 bits per heavy atom. The summed E-state index contributed by atoms with van der Waals surface area (Å²) in [5, 5.41) is 7.14. The van der Waals surface area contributed by atoms with Gasteiger partial charge in [-0.3, -0.25) is 0 Å². The molecule has 0 spiro atoms. The standard InChI is InChI=1S/C15H31N3/c1-15(2,14-6-9-18(3)11-14)12-17-8-5-13-4-7-16-10-13/h13-14,16-17H,4-12H2,1-3H3. The predicted molar refractivity (Wildman–Crippen MR) is 77.8 cm³/mol. The van der Waals surface area contributed by atoms with Crippen molar-refractivity contribution in [2.45, 2.75) is 33.1 Å². The Morgan fingerprint density at radius 2 is 2.17 bits per heavy atom. The van der Waals surface area contributed by atoms with Crippen molar-refractivity contribution in [1.82, 2.24) is 15.5 Å². The van der Waals surface area contributed by atoms with Gasteiger partial charge in [-0.15, -0.1) is 0 Å². The smallest absolute Gasteiger partial charge is 0.00127 e. The van der Waals surface area contributed by atoms with Crippen LogP contribution in [0, 0.1) is 17.3 Å². The Kier molecular flexibility index (Phi) is 5.05. The van der Waals surface area contributed by atoms with E-state index >= 15 is 0 Å². The van der Waals surface area contributed by atoms with Gasteiger partial charge in [-0.2, -0.15) is 0 Å². The first-order valence-electron chi connectivity index (χ1n) is 7.68. The van der Waals surface area contributed by atoms with Crippen LogP contribution in [0.1, 0.15) is 33.1 Å². The molecule has 0 aromatic carbocycles. The highest BCUT2D eigenvalue weighted by atomic mass is 15.1. The summed E-state index contributed by atoms with van der Waals surface area (Å²) in [6.07, 6.45) is 4.09. The quantitative estimate of drug-likeness (QED) is 0.703. The van der Waals surface area contributed by atoms with E-state index in [1.165, 1.54) is 58.5 Å². The molecule has 2 N–H and O–H groups in total. The average molecular weight is 253 g/mol. The van der Waals surface area contributed by atoms with Gasteiger partial charge in [-0.1, -0.05) is 13.8 Å². The van der Waals surface area contributed by atoms with Crippen LogP contribution >= 0.6 is 0 Å². The summed E-state index contributed by atoms with van der Waals surface area (Å²) in [6, 6.07) is 0. The van der Waals surface area contributed by atoms with Crippen molar-refractivity contribution in [3.8, 4) is 0 Å². The van der Waals surface area contributed by atoms with Crippen molar-refractivity contribution in [1.29, 1.82) is 0 Å². The molecule has 2 heterocycles. The lowest BCUT2D eigenvalue weighted by Crippen LogP contribution is -2.37. The maximum Gasteiger partial charge on any atom is 0.00127 e. The lowest BCUT2D eigenvalue weighted by atomic mass is 9.78. The third kappa shape index (κ3) is 3.94. The molecule has 2 rings (SSSR count). The van der Waals surface area contributed by atoms with E-state index in [0.29, 0.717) is 5.41 Å². The molecule has 3 nitrogen and oxygen atoms in total. The second-order valence-corrected chi connectivity index (χ2v) is 7.06. The molecular formula is C15H31N3. The summed E-state index contributed by atoms with van der Waals surface area (Å²) in [5.41, 5.74) is 0.443. The zero-order chi connectivity index (χ0) is 13.0. The minimum Gasteiger partial charge on any atom is -0.316 e. The fourth-order valence-electron chi connectivity index (χ4n) is 3.39. The maximum atomic E-state index is 3.70. The highest BCUT2D eigenvalue weighted by Gasteiger charge is 2.33. The van der Waals surface area contributed by atoms with Gasteiger partial charge in [0.2, 0.25) is 0 Å². The van der Waals surface area contributed by atoms with Gasteiger partial charge in [-0.05, 0) is 69.7 Å². The number of rotatable bonds is 6. The van der Waals surface area contributed by atoms with Crippen molar-refractivity contribution in [2.75, 3.05) is 46.3 Å². The first-order chi connectivity index (χ1) is 8.58. The fourth-order valence-corrected chi connectivity index (χ4v) is 3.39. The summed E-state index contributed by atoms with van der Waals surface area (Å²) < 4.78 is 0. The third-order valence-corrected chi connectivity index (χ3v) is 4.97. The maximum absolute atomic E-state index is 3.70. The Morgan fingerprint density at radius 3 is 2.78 bits per heavy atom. The van der Waals surface area contributed by atoms with Gasteiger partial charge in [-0.25, -0.2) is 0 Å². The first-order valence-corrected chi connectivity index (χ1v) is 7.68. The summed E-state index contributed by atoms with van der Waals surface area (Å²) in [7, 11) is 2.25. The zero-order valence-electron chi connectivity index (χ0n) is 12.5. The topological polar surface area (TPSA) is 27.3 Å². The van der Waals surface area contributed by atoms with Crippen LogP contribution in [0.5, 0.6) is 0 Å². The van der Waals surface area contributed by atoms with Gasteiger partial charge in [0.25, 0.3) is 0 Å². The Bertz CT molecular complexity index is 246. The largest absolute Gasteiger partial charge is 0.316 e. The molecule has 2 saturated heterocycles. The Balaban J connectivity index is 1.62. The van der Waals surface area contributed by atoms with Gasteiger partial charge in [0.05, 0.1) is 0 Å². The Labute approximate surface area is 113 Å². The van der Waals surface area contributed by atoms with Gasteiger partial charge >= 0.3 is 0 Å². The van der Waals surface area contributed by atoms with E-state index in [-0.39, 0.29) is 0 Å². The van der Waals surface area contributed by atoms with Crippen LogP contribution in [-0.4, -0.2) is 51.2 Å². The monoisotopic (exact) mass is 253 g/mol. The van der Waals surface area contributed by atoms with Crippen molar-refractivity contribution < 1.29 is 0 Å². The van der Waals surface area contributed by atoms with E-state index in [0.717, 1.165) is 11.8 Å². The lowest BCUT2D eigenvalue weighted by molar-refractivity contribution is 0.205. The summed E-state index contributed by atoms with van der Waals surface area (Å²) >= 11 is 0. The van der Waals surface area contributed by atoms with E-state index in [1.54, 1.807) is 0 Å². The predicted octanol–water partition coefficient (Wildman–Crippen LogP) is 1.55. The van der Waals surface area contributed by atoms with Crippen LogP contribution in [0.4, 0.5) is 0 Å². The first kappa shape index (κ1) is 14.3. The molecule has 2 fully saturated rings. The van der Waals surface area contributed by atoms with Gasteiger partial charge < -0.3 is 15.5 Å². The molecule has 2 aliphatic rings. The van der Waals surface area contributed by atoms with E-state index in [2.05, 4.69) is 36.4 Å². The lowest BCUT2D eigenvalue weighted by Gasteiger charge is -2.32. The summed E-state index contributed by atoms with van der Waals surface area (Å²) in [5.74, 6) is 1.78. The third-order valence-electron chi connectivity index (χ3n) is 4.97. The molecule has 0 bridgehead atoms. The number of likely N-dealkylation sites (tertiary alicyclic amines) is 1. The molecule has 0 aromatic rings. The molecule has 0 aromatic heterocycles. The van der Waals surface area contributed by atoms with Crippen LogP contribution in [-0.2, 0) is 0 Å². The molecule has 0 aliphatic carbocycles. The molecule has 0 amide bonds. The number of hydrogen-bond acceptors (Lipinski definition) is 3. The summed E-state index contributed by atoms with van der Waals surface area (Å²) in [4.78, 5) is 2.47. The molecule has 18 heavy (non-hydrogen) atoms. The molecule has 2 unspecified atom stereocenters. The summed E-state index contributed by atoms with van der Waals surface area (Å²) in [6.45, 7) is 12.2. The number of hydrogen-bond donors (Lipinski definition) is 2. The molecule has 2 aliphatic heterocycles. The highest BCUT2D eigenvalue weighted by molar-refractivity contribution is 4.87. The SMILES string of the molecule is CN1CCC(C(C)(C)CNCCC2CCNC2)C1. The van der Waals surface area contributed by atoms with Crippen LogP contribution in [0.3, 0.4) is 0 Å². The highest BCUT2D eigenvalue weighted by Crippen LogP contribution is 2.33. The van der Waals surface area contributed by atoms with Crippen LogP contribution in [0.15, 0.2) is 0 Å². The van der Waals surface area contributed by atoms with Crippen molar-refractivity contribution in [3.63, 3.8) is 0 Å². The fraction of sp³-hybridized carbons (Fsp3) is 1.00. The van der Waals surface area contributed by atoms with Crippen molar-refractivity contribution in [3.05, 3.63) is 0 Å². The second-order valence-electron chi connectivity index (χ2n) is 7.06. The second kappa shape index (κ2) is 6.36. The molecule has 0 radical (unpaired) electrons. The van der Waals surface area contributed by atoms with E-state index in [4.69, 9.17) is 0 Å². The zero-order valence-corrected chi connectivity index (χ0v) is 12.5. The van der Waals surface area contributed by atoms with Gasteiger partial charge in [0.1, 0.15) is 0 Å². The van der Waals surface area contributed by atoms with Crippen LogP contribution in [0.25, 0.3) is 0 Å². The molecule has 2 atom stereocenters.